The fourth-order valence-electron chi connectivity index (χ4n) is 2.93. The van der Waals surface area contributed by atoms with Crippen LogP contribution in [0.3, 0.4) is 0 Å². The first kappa shape index (κ1) is 15.8. The predicted molar refractivity (Wildman–Crippen MR) is 84.4 cm³/mol. The van der Waals surface area contributed by atoms with Gasteiger partial charge < -0.3 is 14.6 Å². The number of rotatable bonds is 6. The molecule has 1 saturated heterocycles. The van der Waals surface area contributed by atoms with Crippen LogP contribution in [-0.4, -0.2) is 58.8 Å². The summed E-state index contributed by atoms with van der Waals surface area (Å²) in [6.45, 7) is 2.79. The zero-order valence-electron chi connectivity index (χ0n) is 13.2. The molecule has 2 heterocycles. The van der Waals surface area contributed by atoms with Crippen molar-refractivity contribution in [3.05, 3.63) is 36.2 Å². The maximum atomic E-state index is 10.8. The summed E-state index contributed by atoms with van der Waals surface area (Å²) >= 11 is 0. The van der Waals surface area contributed by atoms with Gasteiger partial charge in [0.2, 0.25) is 0 Å². The molecule has 1 aliphatic rings. The second kappa shape index (κ2) is 6.97. The molecule has 1 fully saturated rings. The molecule has 1 unspecified atom stereocenters. The van der Waals surface area contributed by atoms with Crippen molar-refractivity contribution < 1.29 is 14.6 Å². The van der Waals surface area contributed by atoms with Crippen molar-refractivity contribution in [1.82, 2.24) is 20.3 Å². The van der Waals surface area contributed by atoms with Gasteiger partial charge in [0.15, 0.2) is 0 Å². The molecule has 124 valence electrons. The molecule has 0 bridgehead atoms. The lowest BCUT2D eigenvalue weighted by molar-refractivity contribution is -0.0412. The van der Waals surface area contributed by atoms with Crippen LogP contribution in [0, 0.1) is 0 Å². The van der Waals surface area contributed by atoms with Crippen molar-refractivity contribution in [3.63, 3.8) is 0 Å². The van der Waals surface area contributed by atoms with Gasteiger partial charge in [-0.15, -0.1) is 0 Å². The second-order valence-corrected chi connectivity index (χ2v) is 5.79. The number of hydrogen-bond acceptors (Lipinski definition) is 6. The van der Waals surface area contributed by atoms with Crippen LogP contribution in [0.4, 0.5) is 0 Å². The molecule has 0 radical (unpaired) electrons. The Morgan fingerprint density at radius 2 is 2.26 bits per heavy atom. The molecule has 2 N–H and O–H groups in total. The molecule has 2 aromatic rings. The molecule has 1 atom stereocenters. The largest absolute Gasteiger partial charge is 0.497 e. The number of β-amino-alcohol motifs (C(OH)–C–C–N with tert-alkyl or cyclic N) is 1. The van der Waals surface area contributed by atoms with Crippen molar-refractivity contribution in [2.75, 3.05) is 33.4 Å². The molecule has 0 saturated carbocycles. The van der Waals surface area contributed by atoms with E-state index in [1.165, 1.54) is 0 Å². The van der Waals surface area contributed by atoms with E-state index in [2.05, 4.69) is 20.3 Å². The number of ether oxygens (including phenoxy) is 2. The summed E-state index contributed by atoms with van der Waals surface area (Å²) in [5, 5.41) is 21.2. The lowest BCUT2D eigenvalue weighted by atomic mass is 9.90. The minimum Gasteiger partial charge on any atom is -0.497 e. The number of benzene rings is 1. The third-order valence-electron chi connectivity index (χ3n) is 4.16. The smallest absolute Gasteiger partial charge is 0.123 e. The first-order chi connectivity index (χ1) is 11.2. The van der Waals surface area contributed by atoms with Crippen molar-refractivity contribution in [2.24, 2.45) is 0 Å². The number of aromatic amines is 1. The minimum atomic E-state index is -0.929. The maximum absolute atomic E-state index is 10.8. The van der Waals surface area contributed by atoms with Crippen LogP contribution in [0.15, 0.2) is 30.5 Å². The third kappa shape index (κ3) is 3.80. The van der Waals surface area contributed by atoms with Crippen LogP contribution in [0.25, 0.3) is 0 Å². The van der Waals surface area contributed by atoms with Gasteiger partial charge in [0.1, 0.15) is 29.4 Å². The normalized spacial score (nSPS) is 22.0. The van der Waals surface area contributed by atoms with Gasteiger partial charge in [-0.25, -0.2) is 0 Å². The summed E-state index contributed by atoms with van der Waals surface area (Å²) < 4.78 is 11.0. The Balaban J connectivity index is 1.52. The average molecular weight is 318 g/mol. The molecule has 7 heteroatoms. The number of nitrogens with one attached hydrogen (secondary N) is 1. The Kier molecular flexibility index (Phi) is 4.78. The SMILES string of the molecule is COc1cccc(OCCN2CCCC(O)(c3cn[nH]n3)C2)c1. The van der Waals surface area contributed by atoms with Crippen LogP contribution in [0.5, 0.6) is 11.5 Å². The van der Waals surface area contributed by atoms with Crippen LogP contribution in [-0.2, 0) is 5.60 Å². The van der Waals surface area contributed by atoms with Gasteiger partial charge in [-0.05, 0) is 31.5 Å². The number of aromatic nitrogens is 3. The molecule has 7 nitrogen and oxygen atoms in total. The lowest BCUT2D eigenvalue weighted by Crippen LogP contribution is -2.47. The molecule has 1 aromatic carbocycles. The van der Waals surface area contributed by atoms with Crippen LogP contribution >= 0.6 is 0 Å². The number of methoxy groups -OCH3 is 1. The average Bonchev–Trinajstić information content (AvgIpc) is 3.11. The fourth-order valence-corrected chi connectivity index (χ4v) is 2.93. The quantitative estimate of drug-likeness (QED) is 0.832. The highest BCUT2D eigenvalue weighted by molar-refractivity contribution is 5.32. The Hall–Kier alpha value is -2.12. The third-order valence-corrected chi connectivity index (χ3v) is 4.16. The van der Waals surface area contributed by atoms with E-state index in [0.29, 0.717) is 25.3 Å². The number of aliphatic hydroxyl groups is 1. The Morgan fingerprint density at radius 1 is 1.39 bits per heavy atom. The van der Waals surface area contributed by atoms with E-state index in [-0.39, 0.29) is 0 Å². The first-order valence-corrected chi connectivity index (χ1v) is 7.77. The number of piperidine rings is 1. The maximum Gasteiger partial charge on any atom is 0.123 e. The van der Waals surface area contributed by atoms with Crippen molar-refractivity contribution >= 4 is 0 Å². The van der Waals surface area contributed by atoms with E-state index in [0.717, 1.165) is 31.0 Å². The van der Waals surface area contributed by atoms with Gasteiger partial charge in [-0.2, -0.15) is 15.4 Å². The number of nitrogens with zero attached hydrogens (tertiary/aromatic N) is 3. The summed E-state index contributed by atoms with van der Waals surface area (Å²) in [5.74, 6) is 1.56. The van der Waals surface area contributed by atoms with Crippen molar-refractivity contribution in [3.8, 4) is 11.5 Å². The monoisotopic (exact) mass is 318 g/mol. The zero-order chi connectivity index (χ0) is 16.1. The minimum absolute atomic E-state index is 0.543. The van der Waals surface area contributed by atoms with Crippen LogP contribution in [0.1, 0.15) is 18.5 Å². The predicted octanol–water partition coefficient (Wildman–Crippen LogP) is 1.18. The molecule has 23 heavy (non-hydrogen) atoms. The standard InChI is InChI=1S/C16H22N4O3/c1-22-13-4-2-5-14(10-13)23-9-8-20-7-3-6-16(21,12-20)15-11-17-19-18-15/h2,4-5,10-11,21H,3,6-9,12H2,1H3,(H,17,18,19). The molecule has 1 aliphatic heterocycles. The fraction of sp³-hybridized carbons (Fsp3) is 0.500. The summed E-state index contributed by atoms with van der Waals surface area (Å²) in [6.07, 6.45) is 3.21. The van der Waals surface area contributed by atoms with Gasteiger partial charge in [-0.1, -0.05) is 6.07 Å². The molecule has 0 aliphatic carbocycles. The Morgan fingerprint density at radius 3 is 3.04 bits per heavy atom. The topological polar surface area (TPSA) is 83.5 Å². The van der Waals surface area contributed by atoms with Crippen LogP contribution < -0.4 is 9.47 Å². The highest BCUT2D eigenvalue weighted by Gasteiger charge is 2.36. The number of hydrogen-bond donors (Lipinski definition) is 2. The highest BCUT2D eigenvalue weighted by atomic mass is 16.5. The van der Waals surface area contributed by atoms with Gasteiger partial charge in [0.05, 0.1) is 13.3 Å². The van der Waals surface area contributed by atoms with E-state index in [9.17, 15) is 5.11 Å². The zero-order valence-corrected chi connectivity index (χ0v) is 13.2. The summed E-state index contributed by atoms with van der Waals surface area (Å²) in [6, 6.07) is 7.56. The van der Waals surface area contributed by atoms with E-state index in [1.54, 1.807) is 13.3 Å². The van der Waals surface area contributed by atoms with Gasteiger partial charge >= 0.3 is 0 Å². The molecule has 1 aromatic heterocycles. The second-order valence-electron chi connectivity index (χ2n) is 5.79. The summed E-state index contributed by atoms with van der Waals surface area (Å²) in [5.41, 5.74) is -0.322. The van der Waals surface area contributed by atoms with E-state index < -0.39 is 5.60 Å². The van der Waals surface area contributed by atoms with Gasteiger partial charge in [0.25, 0.3) is 0 Å². The molecule has 0 spiro atoms. The molecule has 0 amide bonds. The van der Waals surface area contributed by atoms with Gasteiger partial charge in [-0.3, -0.25) is 4.90 Å². The van der Waals surface area contributed by atoms with Crippen LogP contribution in [0.2, 0.25) is 0 Å². The first-order valence-electron chi connectivity index (χ1n) is 7.77. The van der Waals surface area contributed by atoms with Crippen molar-refractivity contribution in [2.45, 2.75) is 18.4 Å². The summed E-state index contributed by atoms with van der Waals surface area (Å²) in [4.78, 5) is 2.19. The number of H-pyrrole nitrogens is 1. The molecular formula is C16H22N4O3. The van der Waals surface area contributed by atoms with Crippen molar-refractivity contribution in [1.29, 1.82) is 0 Å². The molecule has 3 rings (SSSR count). The van der Waals surface area contributed by atoms with Gasteiger partial charge in [0, 0.05) is 19.2 Å². The summed E-state index contributed by atoms with van der Waals surface area (Å²) in [7, 11) is 1.64. The van der Waals surface area contributed by atoms with E-state index in [4.69, 9.17) is 9.47 Å². The number of likely N-dealkylation sites (tertiary alicyclic amines) is 1. The molecular weight excluding hydrogens is 296 g/mol. The lowest BCUT2D eigenvalue weighted by Gasteiger charge is -2.37. The Labute approximate surface area is 135 Å². The van der Waals surface area contributed by atoms with E-state index >= 15 is 0 Å². The van der Waals surface area contributed by atoms with E-state index in [1.807, 2.05) is 24.3 Å². The Bertz CT molecular complexity index is 620. The highest BCUT2D eigenvalue weighted by Crippen LogP contribution is 2.29.